The molecule has 2 amide bonds. The van der Waals surface area contributed by atoms with Gasteiger partial charge in [0, 0.05) is 35.9 Å². The molecular weight excluding hydrogens is 530 g/mol. The van der Waals surface area contributed by atoms with E-state index in [0.29, 0.717) is 23.5 Å². The van der Waals surface area contributed by atoms with Crippen molar-refractivity contribution < 1.29 is 18.0 Å². The van der Waals surface area contributed by atoms with E-state index >= 15 is 0 Å². The fourth-order valence-corrected chi connectivity index (χ4v) is 6.42. The summed E-state index contributed by atoms with van der Waals surface area (Å²) >= 11 is 3.41. The second kappa shape index (κ2) is 10.4. The molecule has 7 nitrogen and oxygen atoms in total. The van der Waals surface area contributed by atoms with Crippen molar-refractivity contribution in [1.29, 1.82) is 0 Å². The molecule has 3 aromatic rings. The molecule has 1 N–H and O–H groups in total. The molecule has 1 heterocycles. The van der Waals surface area contributed by atoms with Gasteiger partial charge in [-0.3, -0.25) is 13.9 Å². The van der Waals surface area contributed by atoms with E-state index in [-0.39, 0.29) is 31.3 Å². The van der Waals surface area contributed by atoms with Crippen molar-refractivity contribution >= 4 is 54.2 Å². The molecule has 0 saturated carbocycles. The number of sulfonamides is 1. The van der Waals surface area contributed by atoms with Crippen LogP contribution in [0.15, 0.2) is 70.0 Å². The molecule has 0 saturated heterocycles. The normalized spacial score (nSPS) is 14.7. The van der Waals surface area contributed by atoms with Gasteiger partial charge in [-0.2, -0.15) is 0 Å². The summed E-state index contributed by atoms with van der Waals surface area (Å²) in [5, 5.41) is 4.38. The zero-order valence-corrected chi connectivity index (χ0v) is 22.1. The van der Waals surface area contributed by atoms with E-state index in [9.17, 15) is 18.0 Å². The lowest BCUT2D eigenvalue weighted by Gasteiger charge is -2.29. The van der Waals surface area contributed by atoms with Crippen LogP contribution in [0.2, 0.25) is 0 Å². The second-order valence-corrected chi connectivity index (χ2v) is 11.3. The van der Waals surface area contributed by atoms with Crippen LogP contribution in [-0.4, -0.2) is 44.3 Å². The first kappa shape index (κ1) is 25.2. The maximum atomic E-state index is 13.3. The number of benzene rings is 3. The zero-order valence-electron chi connectivity index (χ0n) is 19.7. The van der Waals surface area contributed by atoms with Crippen molar-refractivity contribution in [2.45, 2.75) is 44.2 Å². The summed E-state index contributed by atoms with van der Waals surface area (Å²) in [6.45, 7) is 4.49. The van der Waals surface area contributed by atoms with Crippen LogP contribution in [-0.2, 0) is 26.2 Å². The molecule has 1 aliphatic heterocycles. The minimum atomic E-state index is -3.67. The van der Waals surface area contributed by atoms with Crippen molar-refractivity contribution in [2.75, 3.05) is 17.4 Å². The number of nitrogens with one attached hydrogen (secondary N) is 1. The highest BCUT2D eigenvalue weighted by Gasteiger charge is 2.35. The monoisotopic (exact) mass is 557 g/mol. The van der Waals surface area contributed by atoms with Crippen molar-refractivity contribution in [3.8, 4) is 0 Å². The number of carbonyl (C=O) groups excluding carboxylic acids is 2. The Morgan fingerprint density at radius 3 is 2.43 bits per heavy atom. The maximum absolute atomic E-state index is 13.3. The lowest BCUT2D eigenvalue weighted by Crippen LogP contribution is -2.47. The van der Waals surface area contributed by atoms with Crippen molar-refractivity contribution in [3.05, 3.63) is 70.7 Å². The van der Waals surface area contributed by atoms with Gasteiger partial charge in [0.05, 0.1) is 10.6 Å². The van der Waals surface area contributed by atoms with E-state index in [0.717, 1.165) is 20.8 Å². The van der Waals surface area contributed by atoms with Gasteiger partial charge < -0.3 is 10.2 Å². The van der Waals surface area contributed by atoms with Gasteiger partial charge in [-0.05, 0) is 55.5 Å². The van der Waals surface area contributed by atoms with Gasteiger partial charge in [-0.1, -0.05) is 52.3 Å². The summed E-state index contributed by atoms with van der Waals surface area (Å²) in [6.07, 6.45) is 0.458. The Bertz CT molecular complexity index is 1350. The summed E-state index contributed by atoms with van der Waals surface area (Å²) in [5.74, 6) is -0.416. The molecule has 0 unspecified atom stereocenters. The number of hydrogen-bond donors (Lipinski definition) is 1. The quantitative estimate of drug-likeness (QED) is 0.421. The summed E-state index contributed by atoms with van der Waals surface area (Å²) < 4.78 is 28.7. The molecule has 4 rings (SSSR count). The molecule has 9 heteroatoms. The number of likely N-dealkylation sites (N-methyl/N-ethyl adjacent to an activating group) is 1. The van der Waals surface area contributed by atoms with Crippen LogP contribution >= 0.6 is 15.9 Å². The third-order valence-electron chi connectivity index (χ3n) is 6.22. The van der Waals surface area contributed by atoms with Crippen LogP contribution in [0.25, 0.3) is 10.8 Å². The van der Waals surface area contributed by atoms with Gasteiger partial charge in [-0.15, -0.1) is 0 Å². The van der Waals surface area contributed by atoms with E-state index < -0.39 is 16.1 Å². The Morgan fingerprint density at radius 1 is 1.06 bits per heavy atom. The lowest BCUT2D eigenvalue weighted by atomic mass is 10.1. The van der Waals surface area contributed by atoms with E-state index in [1.807, 2.05) is 49.4 Å². The minimum absolute atomic E-state index is 0.124. The fourth-order valence-electron chi connectivity index (χ4n) is 4.41. The zero-order chi connectivity index (χ0) is 25.2. The molecule has 0 fully saturated rings. The lowest BCUT2D eigenvalue weighted by molar-refractivity contribution is -0.140. The number of nitrogens with zero attached hydrogens (tertiary/aromatic N) is 2. The van der Waals surface area contributed by atoms with Crippen LogP contribution < -0.4 is 9.62 Å². The van der Waals surface area contributed by atoms with Gasteiger partial charge in [0.25, 0.3) is 10.0 Å². The molecule has 184 valence electrons. The number of hydrogen-bond acceptors (Lipinski definition) is 4. The predicted octanol–water partition coefficient (Wildman–Crippen LogP) is 4.44. The van der Waals surface area contributed by atoms with Crippen LogP contribution in [0.3, 0.4) is 0 Å². The van der Waals surface area contributed by atoms with Crippen LogP contribution in [0, 0.1) is 0 Å². The fraction of sp³-hybridized carbons (Fsp3) is 0.308. The highest BCUT2D eigenvalue weighted by molar-refractivity contribution is 9.10. The largest absolute Gasteiger partial charge is 0.355 e. The second-order valence-electron chi connectivity index (χ2n) is 8.53. The molecule has 3 aromatic carbocycles. The highest BCUT2D eigenvalue weighted by Crippen LogP contribution is 2.42. The molecule has 0 bridgehead atoms. The van der Waals surface area contributed by atoms with Gasteiger partial charge in [-0.25, -0.2) is 8.42 Å². The smallest absolute Gasteiger partial charge is 0.265 e. The van der Waals surface area contributed by atoms with Crippen molar-refractivity contribution in [1.82, 2.24) is 10.2 Å². The van der Waals surface area contributed by atoms with Crippen LogP contribution in [0.1, 0.15) is 32.3 Å². The predicted molar refractivity (Wildman–Crippen MR) is 141 cm³/mol. The molecular formula is C26H28BrN3O4S. The average molecular weight is 558 g/mol. The third-order valence-corrected chi connectivity index (χ3v) is 8.60. The molecule has 35 heavy (non-hydrogen) atoms. The standard InChI is InChI=1S/C26H28BrN3O4S/c1-3-28-26(32)18(2)29(17-19-12-14-21(27)15-13-19)24(31)11-6-16-30-22-9-4-7-20-8-5-10-23(25(20)22)35(30,33)34/h4-5,7-10,12-15,18H,3,6,11,16-17H2,1-2H3,(H,28,32)/t18-/m0/s1. The number of amides is 2. The Kier molecular flexibility index (Phi) is 7.47. The van der Waals surface area contributed by atoms with Crippen molar-refractivity contribution in [3.63, 3.8) is 0 Å². The average Bonchev–Trinajstić information content (AvgIpc) is 3.06. The Morgan fingerprint density at radius 2 is 1.74 bits per heavy atom. The molecule has 0 radical (unpaired) electrons. The SMILES string of the molecule is CCNC(=O)[C@H](C)N(Cc1ccc(Br)cc1)C(=O)CCCN1c2cccc3cccc(c23)S1(=O)=O. The molecule has 0 aliphatic carbocycles. The van der Waals surface area contributed by atoms with Crippen LogP contribution in [0.4, 0.5) is 5.69 Å². The van der Waals surface area contributed by atoms with Gasteiger partial charge in [0.1, 0.15) is 6.04 Å². The van der Waals surface area contributed by atoms with Crippen molar-refractivity contribution in [2.24, 2.45) is 0 Å². The summed E-state index contributed by atoms with van der Waals surface area (Å²) in [6, 6.07) is 17.8. The Balaban J connectivity index is 1.49. The van der Waals surface area contributed by atoms with Crippen LogP contribution in [0.5, 0.6) is 0 Å². The Hall–Kier alpha value is -2.91. The number of halogens is 1. The number of carbonyl (C=O) groups is 2. The summed E-state index contributed by atoms with van der Waals surface area (Å²) in [7, 11) is -3.67. The first-order valence-electron chi connectivity index (χ1n) is 11.6. The first-order chi connectivity index (χ1) is 16.7. The molecule has 0 aromatic heterocycles. The van der Waals surface area contributed by atoms with E-state index in [1.165, 1.54) is 4.31 Å². The summed E-state index contributed by atoms with van der Waals surface area (Å²) in [4.78, 5) is 27.7. The number of rotatable bonds is 9. The van der Waals surface area contributed by atoms with Gasteiger partial charge >= 0.3 is 0 Å². The summed E-state index contributed by atoms with van der Waals surface area (Å²) in [5.41, 5.74) is 1.55. The highest BCUT2D eigenvalue weighted by atomic mass is 79.9. The third kappa shape index (κ3) is 5.06. The van der Waals surface area contributed by atoms with Gasteiger partial charge in [0.15, 0.2) is 0 Å². The van der Waals surface area contributed by atoms with E-state index in [4.69, 9.17) is 0 Å². The number of anilines is 1. The molecule has 0 spiro atoms. The minimum Gasteiger partial charge on any atom is -0.355 e. The maximum Gasteiger partial charge on any atom is 0.265 e. The van der Waals surface area contributed by atoms with Gasteiger partial charge in [0.2, 0.25) is 11.8 Å². The Labute approximate surface area is 214 Å². The van der Waals surface area contributed by atoms with E-state index in [2.05, 4.69) is 21.2 Å². The molecule has 1 atom stereocenters. The molecule has 1 aliphatic rings. The first-order valence-corrected chi connectivity index (χ1v) is 13.8. The van der Waals surface area contributed by atoms with E-state index in [1.54, 1.807) is 30.0 Å². The topological polar surface area (TPSA) is 86.8 Å².